The Hall–Kier alpha value is -3.39. The zero-order chi connectivity index (χ0) is 29.5. The van der Waals surface area contributed by atoms with Gasteiger partial charge in [-0.1, -0.05) is 74.5 Å². The van der Waals surface area contributed by atoms with Crippen molar-refractivity contribution in [2.75, 3.05) is 6.54 Å². The van der Waals surface area contributed by atoms with Crippen molar-refractivity contribution >= 4 is 18.0 Å². The fraction of sp³-hybridized carbons (Fsp3) is 0.531. The van der Waals surface area contributed by atoms with Gasteiger partial charge < -0.3 is 19.5 Å². The van der Waals surface area contributed by atoms with Crippen LogP contribution in [0.5, 0.6) is 0 Å². The summed E-state index contributed by atoms with van der Waals surface area (Å²) >= 11 is 0. The van der Waals surface area contributed by atoms with E-state index in [1.807, 2.05) is 109 Å². The van der Waals surface area contributed by atoms with E-state index in [0.717, 1.165) is 11.1 Å². The number of nitrogens with one attached hydrogen (secondary N) is 1. The predicted molar refractivity (Wildman–Crippen MR) is 153 cm³/mol. The van der Waals surface area contributed by atoms with Crippen molar-refractivity contribution in [2.24, 2.45) is 11.8 Å². The van der Waals surface area contributed by atoms with E-state index in [1.165, 1.54) is 0 Å². The molecule has 2 aromatic carbocycles. The van der Waals surface area contributed by atoms with E-state index in [4.69, 9.17) is 14.2 Å². The maximum Gasteiger partial charge on any atom is 0.412 e. The normalized spacial score (nSPS) is 19.2. The summed E-state index contributed by atoms with van der Waals surface area (Å²) in [7, 11) is 0. The summed E-state index contributed by atoms with van der Waals surface area (Å²) in [6, 6.07) is 18.9. The summed E-state index contributed by atoms with van der Waals surface area (Å²) in [5.74, 6) is -1.22. The highest BCUT2D eigenvalue weighted by molar-refractivity contribution is 5.83. The van der Waals surface area contributed by atoms with Gasteiger partial charge in [0.2, 0.25) is 5.91 Å². The molecule has 1 aliphatic heterocycles. The Bertz CT molecular complexity index is 1130. The third kappa shape index (κ3) is 8.81. The Kier molecular flexibility index (Phi) is 10.4. The number of benzene rings is 2. The molecule has 1 heterocycles. The van der Waals surface area contributed by atoms with Gasteiger partial charge >= 0.3 is 12.1 Å². The Labute approximate surface area is 238 Å². The third-order valence-corrected chi connectivity index (χ3v) is 6.94. The highest BCUT2D eigenvalue weighted by atomic mass is 16.6. The molecule has 8 heteroatoms. The molecule has 0 aliphatic carbocycles. The number of rotatable bonds is 10. The van der Waals surface area contributed by atoms with Crippen LogP contribution in [-0.2, 0) is 36.8 Å². The standard InChI is InChI=1S/C32H44N2O6/c1-22(2)25(29(36)33-20-28(35)38-21-24-16-12-9-13-17-24)19-27-26(18-23-14-10-8-11-15-23)34(32(6,7)39-27)30(37)40-31(3,4)5/h8-17,22,25-27H,18-21H2,1-7H3,(H,33,36)/t25-,26-,27-/m0/s1. The lowest BCUT2D eigenvalue weighted by molar-refractivity contribution is -0.145. The molecular formula is C32H44N2O6. The highest BCUT2D eigenvalue weighted by Gasteiger charge is 2.52. The fourth-order valence-corrected chi connectivity index (χ4v) is 5.03. The zero-order valence-electron chi connectivity index (χ0n) is 24.8. The van der Waals surface area contributed by atoms with Crippen LogP contribution in [-0.4, -0.2) is 52.9 Å². The van der Waals surface area contributed by atoms with Crippen LogP contribution >= 0.6 is 0 Å². The van der Waals surface area contributed by atoms with Crippen molar-refractivity contribution in [3.8, 4) is 0 Å². The van der Waals surface area contributed by atoms with E-state index >= 15 is 0 Å². The molecule has 0 saturated carbocycles. The molecular weight excluding hydrogens is 508 g/mol. The first-order chi connectivity index (χ1) is 18.8. The van der Waals surface area contributed by atoms with Gasteiger partial charge in [0.05, 0.1) is 12.1 Å². The molecule has 2 amide bonds. The van der Waals surface area contributed by atoms with Gasteiger partial charge in [0, 0.05) is 5.92 Å². The summed E-state index contributed by atoms with van der Waals surface area (Å²) in [6.07, 6.45) is 0.0495. The van der Waals surface area contributed by atoms with Crippen molar-refractivity contribution in [3.63, 3.8) is 0 Å². The van der Waals surface area contributed by atoms with Gasteiger partial charge in [0.25, 0.3) is 0 Å². The second-order valence-corrected chi connectivity index (χ2v) is 12.2. The van der Waals surface area contributed by atoms with Crippen LogP contribution in [0.25, 0.3) is 0 Å². The molecule has 40 heavy (non-hydrogen) atoms. The second-order valence-electron chi connectivity index (χ2n) is 12.2. The number of hydrogen-bond donors (Lipinski definition) is 1. The van der Waals surface area contributed by atoms with Crippen LogP contribution < -0.4 is 5.32 Å². The number of nitrogens with zero attached hydrogens (tertiary/aromatic N) is 1. The van der Waals surface area contributed by atoms with Gasteiger partial charge in [-0.2, -0.15) is 0 Å². The summed E-state index contributed by atoms with van der Waals surface area (Å²) in [6.45, 7) is 13.1. The van der Waals surface area contributed by atoms with Crippen LogP contribution in [0.1, 0.15) is 66.0 Å². The van der Waals surface area contributed by atoms with E-state index < -0.39 is 35.4 Å². The number of carbonyl (C=O) groups is 3. The monoisotopic (exact) mass is 552 g/mol. The van der Waals surface area contributed by atoms with Crippen LogP contribution in [0.15, 0.2) is 60.7 Å². The molecule has 8 nitrogen and oxygen atoms in total. The average molecular weight is 553 g/mol. The Morgan fingerprint density at radius 1 is 0.975 bits per heavy atom. The Morgan fingerprint density at radius 2 is 1.55 bits per heavy atom. The third-order valence-electron chi connectivity index (χ3n) is 6.94. The quantitative estimate of drug-likeness (QED) is 0.392. The fourth-order valence-electron chi connectivity index (χ4n) is 5.03. The minimum Gasteiger partial charge on any atom is -0.460 e. The van der Waals surface area contributed by atoms with Crippen LogP contribution in [0.4, 0.5) is 4.79 Å². The first-order valence-electron chi connectivity index (χ1n) is 14.0. The number of esters is 1. The lowest BCUT2D eigenvalue weighted by Gasteiger charge is -2.35. The average Bonchev–Trinajstić information content (AvgIpc) is 3.13. The molecule has 3 atom stereocenters. The van der Waals surface area contributed by atoms with E-state index in [2.05, 4.69) is 5.32 Å². The van der Waals surface area contributed by atoms with E-state index in [9.17, 15) is 14.4 Å². The number of carbonyl (C=O) groups excluding carboxylic acids is 3. The van der Waals surface area contributed by atoms with E-state index in [-0.39, 0.29) is 31.0 Å². The molecule has 0 radical (unpaired) electrons. The van der Waals surface area contributed by atoms with Crippen molar-refractivity contribution in [1.29, 1.82) is 0 Å². The van der Waals surface area contributed by atoms with Crippen molar-refractivity contribution in [2.45, 2.75) is 91.4 Å². The maximum atomic E-state index is 13.4. The van der Waals surface area contributed by atoms with Gasteiger partial charge in [0.15, 0.2) is 0 Å². The Balaban J connectivity index is 1.73. The molecule has 1 saturated heterocycles. The number of ether oxygens (including phenoxy) is 3. The van der Waals surface area contributed by atoms with Gasteiger partial charge in [-0.3, -0.25) is 14.5 Å². The molecule has 0 unspecified atom stereocenters. The van der Waals surface area contributed by atoms with Crippen molar-refractivity contribution < 1.29 is 28.6 Å². The first kappa shape index (κ1) is 31.1. The van der Waals surface area contributed by atoms with Gasteiger partial charge in [-0.25, -0.2) is 4.79 Å². The molecule has 218 valence electrons. The van der Waals surface area contributed by atoms with Gasteiger partial charge in [-0.15, -0.1) is 0 Å². The van der Waals surface area contributed by atoms with Crippen molar-refractivity contribution in [1.82, 2.24) is 10.2 Å². The topological polar surface area (TPSA) is 94.2 Å². The van der Waals surface area contributed by atoms with Gasteiger partial charge in [0.1, 0.15) is 24.5 Å². The second kappa shape index (κ2) is 13.3. The largest absolute Gasteiger partial charge is 0.460 e. The maximum absolute atomic E-state index is 13.4. The van der Waals surface area contributed by atoms with Crippen LogP contribution in [0.2, 0.25) is 0 Å². The summed E-state index contributed by atoms with van der Waals surface area (Å²) in [5, 5.41) is 2.75. The summed E-state index contributed by atoms with van der Waals surface area (Å²) < 4.78 is 17.6. The molecule has 0 aromatic heterocycles. The van der Waals surface area contributed by atoms with E-state index in [1.54, 1.807) is 4.90 Å². The highest BCUT2D eigenvalue weighted by Crippen LogP contribution is 2.38. The minimum absolute atomic E-state index is 0.0278. The Morgan fingerprint density at radius 3 is 2.10 bits per heavy atom. The van der Waals surface area contributed by atoms with Crippen LogP contribution in [0.3, 0.4) is 0 Å². The van der Waals surface area contributed by atoms with Crippen LogP contribution in [0, 0.1) is 11.8 Å². The van der Waals surface area contributed by atoms with E-state index in [0.29, 0.717) is 12.8 Å². The number of amides is 2. The lowest BCUT2D eigenvalue weighted by atomic mass is 9.86. The van der Waals surface area contributed by atoms with Crippen molar-refractivity contribution in [3.05, 3.63) is 71.8 Å². The molecule has 1 N–H and O–H groups in total. The molecule has 1 fully saturated rings. The molecule has 0 spiro atoms. The molecule has 3 rings (SSSR count). The smallest absolute Gasteiger partial charge is 0.412 e. The summed E-state index contributed by atoms with van der Waals surface area (Å²) in [5.41, 5.74) is 0.324. The molecule has 1 aliphatic rings. The molecule has 2 aromatic rings. The SMILES string of the molecule is CC(C)[C@H](C[C@@H]1OC(C)(C)N(C(=O)OC(C)(C)C)[C@H]1Cc1ccccc1)C(=O)NCC(=O)OCc1ccccc1. The van der Waals surface area contributed by atoms with Gasteiger partial charge in [-0.05, 0) is 64.5 Å². The summed E-state index contributed by atoms with van der Waals surface area (Å²) in [4.78, 5) is 40.7. The lowest BCUT2D eigenvalue weighted by Crippen LogP contribution is -2.51. The first-order valence-corrected chi connectivity index (χ1v) is 14.0. The zero-order valence-corrected chi connectivity index (χ0v) is 24.8. The molecule has 0 bridgehead atoms. The predicted octanol–water partition coefficient (Wildman–Crippen LogP) is 5.49. The number of hydrogen-bond acceptors (Lipinski definition) is 6. The minimum atomic E-state index is -0.939.